The Morgan fingerprint density at radius 3 is 1.93 bits per heavy atom. The van der Waals surface area contributed by atoms with Gasteiger partial charge < -0.3 is 24.4 Å². The van der Waals surface area contributed by atoms with Gasteiger partial charge in [-0.15, -0.1) is 0 Å². The molecular formula is C17H15Cl4NO8. The smallest absolute Gasteiger partial charge is 0.302 e. The first-order valence-electron chi connectivity index (χ1n) is 8.44. The fraction of sp³-hybridized carbons (Fsp3) is 0.471. The number of benzene rings is 1. The van der Waals surface area contributed by atoms with E-state index in [2.05, 4.69) is 0 Å². The van der Waals surface area contributed by atoms with Crippen LogP contribution < -0.4 is 0 Å². The van der Waals surface area contributed by atoms with E-state index in [1.54, 1.807) is 0 Å². The Balaban J connectivity index is 2.00. The summed E-state index contributed by atoms with van der Waals surface area (Å²) in [6.07, 6.45) is -5.87. The highest BCUT2D eigenvalue weighted by atomic mass is 35.5. The zero-order chi connectivity index (χ0) is 22.5. The van der Waals surface area contributed by atoms with Gasteiger partial charge in [0.15, 0.2) is 6.29 Å². The van der Waals surface area contributed by atoms with Gasteiger partial charge in [0.1, 0.15) is 31.0 Å². The quantitative estimate of drug-likeness (QED) is 0.277. The molecule has 5 atom stereocenters. The molecule has 13 heteroatoms. The number of halogens is 4. The van der Waals surface area contributed by atoms with Crippen molar-refractivity contribution in [2.24, 2.45) is 0 Å². The molecule has 0 spiro atoms. The summed E-state index contributed by atoms with van der Waals surface area (Å²) in [6, 6.07) is -1.48. The number of fused-ring (bicyclic) bond motifs is 1. The molecule has 0 radical (unpaired) electrons. The summed E-state index contributed by atoms with van der Waals surface area (Å²) in [4.78, 5) is 37.7. The van der Waals surface area contributed by atoms with E-state index < -0.39 is 48.4 Å². The van der Waals surface area contributed by atoms with Gasteiger partial charge in [-0.05, 0) is 0 Å². The molecule has 164 valence electrons. The summed E-state index contributed by atoms with van der Waals surface area (Å²) in [5, 5.41) is 20.1. The lowest BCUT2D eigenvalue weighted by Crippen LogP contribution is -2.65. The number of ether oxygens (including phenoxy) is 3. The van der Waals surface area contributed by atoms with Gasteiger partial charge >= 0.3 is 5.97 Å². The number of hydrogen-bond donors (Lipinski definition) is 2. The van der Waals surface area contributed by atoms with E-state index >= 15 is 0 Å². The average molecular weight is 503 g/mol. The van der Waals surface area contributed by atoms with E-state index in [9.17, 15) is 24.6 Å². The van der Waals surface area contributed by atoms with Crippen LogP contribution in [0.4, 0.5) is 0 Å². The van der Waals surface area contributed by atoms with Crippen LogP contribution in [0.5, 0.6) is 0 Å². The summed E-state index contributed by atoms with van der Waals surface area (Å²) in [6.45, 7) is 0.774. The predicted octanol–water partition coefficient (Wildman–Crippen LogP) is 1.92. The van der Waals surface area contributed by atoms with Gasteiger partial charge in [-0.2, -0.15) is 0 Å². The van der Waals surface area contributed by atoms with Crippen LogP contribution in [0.15, 0.2) is 0 Å². The first-order valence-corrected chi connectivity index (χ1v) is 9.95. The molecule has 0 aromatic heterocycles. The van der Waals surface area contributed by atoms with Crippen molar-refractivity contribution in [2.45, 2.75) is 37.6 Å². The van der Waals surface area contributed by atoms with Gasteiger partial charge in [0.25, 0.3) is 11.8 Å². The van der Waals surface area contributed by atoms with Crippen LogP contribution in [-0.4, -0.2) is 77.3 Å². The number of rotatable bonds is 4. The molecule has 2 aliphatic rings. The maximum Gasteiger partial charge on any atom is 0.302 e. The molecule has 9 nitrogen and oxygen atoms in total. The van der Waals surface area contributed by atoms with Crippen LogP contribution in [0, 0.1) is 0 Å². The monoisotopic (exact) mass is 501 g/mol. The molecule has 0 aliphatic carbocycles. The van der Waals surface area contributed by atoms with E-state index in [0.717, 1.165) is 6.92 Å². The van der Waals surface area contributed by atoms with Crippen LogP contribution >= 0.6 is 46.4 Å². The maximum absolute atomic E-state index is 13.0. The Morgan fingerprint density at radius 1 is 1.00 bits per heavy atom. The molecular weight excluding hydrogens is 488 g/mol. The highest BCUT2D eigenvalue weighted by molar-refractivity contribution is 6.55. The van der Waals surface area contributed by atoms with Gasteiger partial charge in [-0.3, -0.25) is 19.3 Å². The molecule has 2 aliphatic heterocycles. The second-order valence-corrected chi connectivity index (χ2v) is 8.05. The Labute approximate surface area is 190 Å². The largest absolute Gasteiger partial charge is 0.463 e. The van der Waals surface area contributed by atoms with E-state index in [4.69, 9.17) is 60.6 Å². The standard InChI is InChI=1S/C17H15Cl4NO8/c1-4(23)29-3-5-13(24)14(25)12(17(28-2)30-5)22-15(26)6-7(16(22)27)9(19)11(21)10(20)8(6)18/h5,12-14,17,24-25H,3H2,1-2H3/t5-,12-,13-,14-,17?/m1/s1. The minimum atomic E-state index is -1.71. The van der Waals surface area contributed by atoms with Crippen molar-refractivity contribution < 1.29 is 38.8 Å². The number of nitrogens with zero attached hydrogens (tertiary/aromatic N) is 1. The van der Waals surface area contributed by atoms with Crippen LogP contribution in [-0.2, 0) is 19.0 Å². The average Bonchev–Trinajstić information content (AvgIpc) is 2.96. The Bertz CT molecular complexity index is 877. The zero-order valence-electron chi connectivity index (χ0n) is 15.4. The second kappa shape index (κ2) is 8.76. The van der Waals surface area contributed by atoms with Crippen LogP contribution in [0.2, 0.25) is 20.1 Å². The van der Waals surface area contributed by atoms with E-state index in [0.29, 0.717) is 4.90 Å². The lowest BCUT2D eigenvalue weighted by atomic mass is 9.95. The third-order valence-corrected chi connectivity index (χ3v) is 6.58. The molecule has 1 fully saturated rings. The van der Waals surface area contributed by atoms with Crippen molar-refractivity contribution in [3.63, 3.8) is 0 Å². The Kier molecular flexibility index (Phi) is 6.86. The predicted molar refractivity (Wildman–Crippen MR) is 105 cm³/mol. The molecule has 1 unspecified atom stereocenters. The summed E-state index contributed by atoms with van der Waals surface area (Å²) in [5.74, 6) is -2.49. The molecule has 0 bridgehead atoms. The molecule has 1 aromatic rings. The first-order chi connectivity index (χ1) is 14.0. The number of hydrogen-bond acceptors (Lipinski definition) is 8. The number of imide groups is 1. The third-order valence-electron chi connectivity index (χ3n) is 4.78. The van der Waals surface area contributed by atoms with Crippen molar-refractivity contribution >= 4 is 64.2 Å². The third kappa shape index (κ3) is 3.67. The van der Waals surface area contributed by atoms with Gasteiger partial charge in [-0.1, -0.05) is 46.4 Å². The van der Waals surface area contributed by atoms with Crippen molar-refractivity contribution in [3.05, 3.63) is 31.2 Å². The highest BCUT2D eigenvalue weighted by Gasteiger charge is 2.54. The minimum Gasteiger partial charge on any atom is -0.463 e. The molecule has 3 rings (SSSR count). The number of esters is 1. The molecule has 2 N–H and O–H groups in total. The SMILES string of the molecule is COC1O[C@H](COC(C)=O)[C@@H](O)[C@H](O)[C@H]1N1C(=O)c2c(Cl)c(Cl)c(Cl)c(Cl)c2C1=O. The highest BCUT2D eigenvalue weighted by Crippen LogP contribution is 2.46. The van der Waals surface area contributed by atoms with Crippen molar-refractivity contribution in [1.29, 1.82) is 0 Å². The van der Waals surface area contributed by atoms with Crippen LogP contribution in [0.25, 0.3) is 0 Å². The number of carbonyl (C=O) groups excluding carboxylic acids is 3. The van der Waals surface area contributed by atoms with Crippen molar-refractivity contribution in [3.8, 4) is 0 Å². The molecule has 30 heavy (non-hydrogen) atoms. The number of aliphatic hydroxyl groups excluding tert-OH is 2. The van der Waals surface area contributed by atoms with E-state index in [1.807, 2.05) is 0 Å². The maximum atomic E-state index is 13.0. The number of aliphatic hydroxyl groups is 2. The number of amides is 2. The van der Waals surface area contributed by atoms with E-state index in [1.165, 1.54) is 7.11 Å². The normalized spacial score (nSPS) is 28.7. The van der Waals surface area contributed by atoms with Crippen LogP contribution in [0.3, 0.4) is 0 Å². The summed E-state index contributed by atoms with van der Waals surface area (Å²) >= 11 is 24.2. The Morgan fingerprint density at radius 2 is 1.50 bits per heavy atom. The molecule has 2 amide bonds. The summed E-state index contributed by atoms with van der Waals surface area (Å²) in [5.41, 5.74) is -0.584. The lowest BCUT2D eigenvalue weighted by molar-refractivity contribution is -0.273. The molecule has 1 saturated heterocycles. The fourth-order valence-electron chi connectivity index (χ4n) is 3.36. The van der Waals surface area contributed by atoms with Gasteiger partial charge in [-0.25, -0.2) is 0 Å². The van der Waals surface area contributed by atoms with E-state index in [-0.39, 0.29) is 37.8 Å². The minimum absolute atomic E-state index is 0.213. The second-order valence-electron chi connectivity index (χ2n) is 6.54. The molecule has 0 saturated carbocycles. The zero-order valence-corrected chi connectivity index (χ0v) is 18.4. The fourth-order valence-corrected chi connectivity index (χ4v) is 4.37. The van der Waals surface area contributed by atoms with Gasteiger partial charge in [0, 0.05) is 14.0 Å². The summed E-state index contributed by atoms with van der Waals surface area (Å²) in [7, 11) is 1.21. The topological polar surface area (TPSA) is 123 Å². The molecule has 2 heterocycles. The summed E-state index contributed by atoms with van der Waals surface area (Å²) < 4.78 is 15.5. The van der Waals surface area contributed by atoms with Crippen LogP contribution in [0.1, 0.15) is 27.6 Å². The van der Waals surface area contributed by atoms with Crippen molar-refractivity contribution in [2.75, 3.05) is 13.7 Å². The lowest BCUT2D eigenvalue weighted by Gasteiger charge is -2.44. The number of carbonyl (C=O) groups is 3. The Hall–Kier alpha value is -1.17. The number of methoxy groups -OCH3 is 1. The van der Waals surface area contributed by atoms with Gasteiger partial charge in [0.2, 0.25) is 0 Å². The molecule has 1 aromatic carbocycles. The van der Waals surface area contributed by atoms with Gasteiger partial charge in [0.05, 0.1) is 31.2 Å². The van der Waals surface area contributed by atoms with Crippen molar-refractivity contribution in [1.82, 2.24) is 4.90 Å². The first kappa shape index (κ1) is 23.5.